The fourth-order valence-electron chi connectivity index (χ4n) is 7.54. The number of benzene rings is 8. The van der Waals surface area contributed by atoms with E-state index in [2.05, 4.69) is 156 Å². The van der Waals surface area contributed by atoms with Gasteiger partial charge in [0.2, 0.25) is 0 Å². The lowest BCUT2D eigenvalue weighted by Crippen LogP contribution is -1.95. The molecule has 0 N–H and O–H groups in total. The standard InChI is InChI=1S/C42H25N/c1-3-11-28-24-40-38(22-26(28)9-1)39-23-27-10-2-4-12-29(27)25-41(39)43(40)31-14-7-13-30(21-31)32-19-20-37-34-16-6-5-15-33(34)36-18-8-17-35(32)42(36)37/h1-25H. The van der Waals surface area contributed by atoms with Crippen LogP contribution in [0.2, 0.25) is 0 Å². The number of rotatable bonds is 2. The zero-order chi connectivity index (χ0) is 28.1. The van der Waals surface area contributed by atoms with E-state index in [4.69, 9.17) is 0 Å². The first-order valence-electron chi connectivity index (χ1n) is 14.9. The van der Waals surface area contributed by atoms with Crippen LogP contribution >= 0.6 is 0 Å². The van der Waals surface area contributed by atoms with E-state index in [1.807, 2.05) is 0 Å². The summed E-state index contributed by atoms with van der Waals surface area (Å²) in [7, 11) is 0. The summed E-state index contributed by atoms with van der Waals surface area (Å²) in [6.07, 6.45) is 0. The van der Waals surface area contributed by atoms with Gasteiger partial charge in [-0.3, -0.25) is 0 Å². The van der Waals surface area contributed by atoms with Gasteiger partial charge in [-0.2, -0.15) is 0 Å². The molecule has 198 valence electrons. The fraction of sp³-hybridized carbons (Fsp3) is 0. The van der Waals surface area contributed by atoms with Gasteiger partial charge >= 0.3 is 0 Å². The van der Waals surface area contributed by atoms with Crippen molar-refractivity contribution in [2.24, 2.45) is 0 Å². The Labute approximate surface area is 248 Å². The van der Waals surface area contributed by atoms with Crippen LogP contribution in [-0.4, -0.2) is 4.57 Å². The quantitative estimate of drug-likeness (QED) is 0.204. The number of hydrogen-bond donors (Lipinski definition) is 0. The molecule has 9 aromatic rings. The first-order chi connectivity index (χ1) is 21.3. The predicted octanol–water partition coefficient (Wildman–Crippen LogP) is 11.6. The Kier molecular flexibility index (Phi) is 4.51. The van der Waals surface area contributed by atoms with Crippen molar-refractivity contribution >= 4 is 54.1 Å². The number of nitrogens with zero attached hydrogens (tertiary/aromatic N) is 1. The maximum Gasteiger partial charge on any atom is 0.0547 e. The van der Waals surface area contributed by atoms with Crippen molar-refractivity contribution in [1.82, 2.24) is 4.57 Å². The predicted molar refractivity (Wildman–Crippen MR) is 183 cm³/mol. The van der Waals surface area contributed by atoms with Crippen LogP contribution in [0.1, 0.15) is 0 Å². The molecule has 1 aliphatic carbocycles. The first kappa shape index (κ1) is 23.0. The maximum absolute atomic E-state index is 2.46. The number of aromatic nitrogens is 1. The molecule has 1 aliphatic rings. The van der Waals surface area contributed by atoms with Crippen molar-refractivity contribution in [2.75, 3.05) is 0 Å². The average molecular weight is 544 g/mol. The summed E-state index contributed by atoms with van der Waals surface area (Å²) >= 11 is 0. The Hall–Kier alpha value is -5.66. The molecule has 0 bridgehead atoms. The summed E-state index contributed by atoms with van der Waals surface area (Å²) < 4.78 is 2.46. The van der Waals surface area contributed by atoms with Crippen LogP contribution < -0.4 is 0 Å². The van der Waals surface area contributed by atoms with E-state index in [9.17, 15) is 0 Å². The Morgan fingerprint density at radius 3 is 1.49 bits per heavy atom. The monoisotopic (exact) mass is 543 g/mol. The topological polar surface area (TPSA) is 4.93 Å². The minimum Gasteiger partial charge on any atom is -0.309 e. The van der Waals surface area contributed by atoms with Gasteiger partial charge in [0, 0.05) is 16.5 Å². The highest BCUT2D eigenvalue weighted by atomic mass is 15.0. The molecule has 1 heteroatoms. The summed E-state index contributed by atoms with van der Waals surface area (Å²) in [6.45, 7) is 0. The zero-order valence-corrected chi connectivity index (χ0v) is 23.4. The van der Waals surface area contributed by atoms with E-state index in [0.29, 0.717) is 0 Å². The first-order valence-corrected chi connectivity index (χ1v) is 14.9. The lowest BCUT2D eigenvalue weighted by molar-refractivity contribution is 1.18. The molecule has 0 spiro atoms. The van der Waals surface area contributed by atoms with Gasteiger partial charge in [-0.25, -0.2) is 0 Å². The number of fused-ring (bicyclic) bond motifs is 8. The zero-order valence-electron chi connectivity index (χ0n) is 23.4. The molecule has 0 saturated carbocycles. The Bertz CT molecular complexity index is 2490. The summed E-state index contributed by atoms with van der Waals surface area (Å²) in [4.78, 5) is 0. The van der Waals surface area contributed by atoms with Crippen molar-refractivity contribution in [3.63, 3.8) is 0 Å². The minimum absolute atomic E-state index is 1.18. The Balaban J connectivity index is 1.25. The maximum atomic E-state index is 2.46. The van der Waals surface area contributed by atoms with E-state index in [0.717, 1.165) is 0 Å². The molecule has 1 heterocycles. The van der Waals surface area contributed by atoms with Gasteiger partial charge in [-0.1, -0.05) is 115 Å². The van der Waals surface area contributed by atoms with E-state index in [-0.39, 0.29) is 0 Å². The van der Waals surface area contributed by atoms with Crippen molar-refractivity contribution in [3.05, 3.63) is 152 Å². The van der Waals surface area contributed by atoms with Crippen molar-refractivity contribution in [1.29, 1.82) is 0 Å². The van der Waals surface area contributed by atoms with Crippen molar-refractivity contribution in [3.8, 4) is 39.1 Å². The molecule has 10 rings (SSSR count). The van der Waals surface area contributed by atoms with Crippen LogP contribution in [0.5, 0.6) is 0 Å². The third-order valence-corrected chi connectivity index (χ3v) is 9.46. The molecule has 43 heavy (non-hydrogen) atoms. The molecule has 0 aliphatic heterocycles. The van der Waals surface area contributed by atoms with Crippen LogP contribution in [0.3, 0.4) is 0 Å². The SMILES string of the molecule is c1cc(-c2ccc3c4c(cccc24)-c2ccccc2-3)cc(-n2c3cc4ccccc4cc3c3cc4ccccc4cc32)c1. The van der Waals surface area contributed by atoms with Gasteiger partial charge in [0.25, 0.3) is 0 Å². The molecule has 1 nitrogen and oxygen atoms in total. The largest absolute Gasteiger partial charge is 0.309 e. The molecule has 0 amide bonds. The highest BCUT2D eigenvalue weighted by Gasteiger charge is 2.22. The highest BCUT2D eigenvalue weighted by molar-refractivity contribution is 6.19. The van der Waals surface area contributed by atoms with Gasteiger partial charge < -0.3 is 4.57 Å². The average Bonchev–Trinajstić information content (AvgIpc) is 3.55. The summed E-state index contributed by atoms with van der Waals surface area (Å²) in [6, 6.07) is 56.1. The number of hydrogen-bond acceptors (Lipinski definition) is 0. The molecular weight excluding hydrogens is 518 g/mol. The van der Waals surface area contributed by atoms with Gasteiger partial charge in [0.1, 0.15) is 0 Å². The molecule has 0 saturated heterocycles. The highest BCUT2D eigenvalue weighted by Crippen LogP contribution is 2.49. The Morgan fingerprint density at radius 1 is 0.326 bits per heavy atom. The molecule has 0 atom stereocenters. The fourth-order valence-corrected chi connectivity index (χ4v) is 7.54. The van der Waals surface area contributed by atoms with E-state index >= 15 is 0 Å². The van der Waals surface area contributed by atoms with E-state index in [1.165, 1.54) is 93.2 Å². The summed E-state index contributed by atoms with van der Waals surface area (Å²) in [5, 5.41) is 10.3. The van der Waals surface area contributed by atoms with E-state index < -0.39 is 0 Å². The normalized spacial score (nSPS) is 12.2. The third-order valence-electron chi connectivity index (χ3n) is 9.46. The van der Waals surface area contributed by atoms with Crippen LogP contribution in [0.25, 0.3) is 93.2 Å². The molecule has 1 aromatic heterocycles. The van der Waals surface area contributed by atoms with Crippen LogP contribution in [0.4, 0.5) is 0 Å². The van der Waals surface area contributed by atoms with Gasteiger partial charge in [-0.15, -0.1) is 0 Å². The second-order valence-electron chi connectivity index (χ2n) is 11.8. The summed E-state index contributed by atoms with van der Waals surface area (Å²) in [5.74, 6) is 0. The minimum atomic E-state index is 1.18. The second-order valence-corrected chi connectivity index (χ2v) is 11.8. The van der Waals surface area contributed by atoms with Crippen LogP contribution in [0.15, 0.2) is 152 Å². The smallest absolute Gasteiger partial charge is 0.0547 e. The molecular formula is C42H25N. The van der Waals surface area contributed by atoms with E-state index in [1.54, 1.807) is 0 Å². The van der Waals surface area contributed by atoms with Gasteiger partial charge in [0.15, 0.2) is 0 Å². The van der Waals surface area contributed by atoms with Gasteiger partial charge in [0.05, 0.1) is 11.0 Å². The molecule has 0 radical (unpaired) electrons. The van der Waals surface area contributed by atoms with Crippen LogP contribution in [-0.2, 0) is 0 Å². The third kappa shape index (κ3) is 3.17. The molecule has 0 unspecified atom stereocenters. The van der Waals surface area contributed by atoms with Crippen molar-refractivity contribution < 1.29 is 0 Å². The van der Waals surface area contributed by atoms with Gasteiger partial charge in [-0.05, 0) is 102 Å². The Morgan fingerprint density at radius 2 is 0.837 bits per heavy atom. The molecule has 0 fully saturated rings. The second kappa shape index (κ2) is 8.44. The summed E-state index contributed by atoms with van der Waals surface area (Å²) in [5.41, 5.74) is 11.5. The van der Waals surface area contributed by atoms with Crippen LogP contribution in [0, 0.1) is 0 Å². The molecule has 8 aromatic carbocycles. The van der Waals surface area contributed by atoms with Crippen molar-refractivity contribution in [2.45, 2.75) is 0 Å². The lowest BCUT2D eigenvalue weighted by atomic mass is 9.94. The lowest BCUT2D eigenvalue weighted by Gasteiger charge is -2.13.